The van der Waals surface area contributed by atoms with Gasteiger partial charge in [0.15, 0.2) is 0 Å². The van der Waals surface area contributed by atoms with Crippen LogP contribution in [0, 0.1) is 16.0 Å². The zero-order chi connectivity index (χ0) is 14.1. The lowest BCUT2D eigenvalue weighted by molar-refractivity contribution is -0.384. The summed E-state index contributed by atoms with van der Waals surface area (Å²) >= 11 is 0. The van der Waals surface area contributed by atoms with Crippen molar-refractivity contribution >= 4 is 29.9 Å². The molecule has 3 saturated heterocycles. The lowest BCUT2D eigenvalue weighted by atomic mass is 9.83. The molecule has 3 fully saturated rings. The number of hydrogen-bond acceptors (Lipinski definition) is 5. The van der Waals surface area contributed by atoms with Crippen molar-refractivity contribution in [3.05, 3.63) is 45.6 Å². The van der Waals surface area contributed by atoms with Gasteiger partial charge in [-0.2, -0.15) is 0 Å². The van der Waals surface area contributed by atoms with Gasteiger partial charge in [0.2, 0.25) is 0 Å². The number of nitro benzene ring substituents is 1. The van der Waals surface area contributed by atoms with Crippen LogP contribution >= 0.6 is 12.4 Å². The van der Waals surface area contributed by atoms with E-state index in [0.717, 1.165) is 42.9 Å². The second-order valence-corrected chi connectivity index (χ2v) is 5.12. The molecule has 6 nitrogen and oxygen atoms in total. The number of allylic oxidation sites excluding steroid dienone is 1. The van der Waals surface area contributed by atoms with E-state index >= 15 is 0 Å². The maximum atomic E-state index is 10.6. The first-order chi connectivity index (χ1) is 9.69. The van der Waals surface area contributed by atoms with Crippen molar-refractivity contribution in [2.45, 2.75) is 12.8 Å². The Bertz CT molecular complexity index is 590. The quantitative estimate of drug-likeness (QED) is 0.517. The molecule has 1 N–H and O–H groups in total. The molecule has 21 heavy (non-hydrogen) atoms. The van der Waals surface area contributed by atoms with Gasteiger partial charge in [-0.1, -0.05) is 5.16 Å². The molecule has 1 aromatic carbocycles. The van der Waals surface area contributed by atoms with Crippen LogP contribution in [0.5, 0.6) is 0 Å². The van der Waals surface area contributed by atoms with Gasteiger partial charge in [-0.05, 0) is 36.6 Å². The van der Waals surface area contributed by atoms with Gasteiger partial charge in [0, 0.05) is 31.1 Å². The number of fused-ring (bicyclic) bond motifs is 3. The summed E-state index contributed by atoms with van der Waals surface area (Å²) in [5.74, 6) is 0.328. The van der Waals surface area contributed by atoms with E-state index in [1.807, 2.05) is 6.08 Å². The first kappa shape index (κ1) is 15.3. The topological polar surface area (TPSA) is 79.0 Å². The third kappa shape index (κ3) is 2.85. The molecule has 3 heterocycles. The SMILES string of the molecule is Cl.O=[N+]([O-])c1ccc(/C=C2\C(=N\O)C3CCN2CC3)cc1. The number of rotatable bonds is 2. The molecule has 0 radical (unpaired) electrons. The van der Waals surface area contributed by atoms with Gasteiger partial charge in [0.1, 0.15) is 5.71 Å². The molecule has 0 atom stereocenters. The average Bonchev–Trinajstić information content (AvgIpc) is 2.49. The van der Waals surface area contributed by atoms with Crippen molar-refractivity contribution in [2.75, 3.05) is 13.1 Å². The van der Waals surface area contributed by atoms with Crippen LogP contribution in [0.1, 0.15) is 18.4 Å². The molecule has 2 bridgehead atoms. The highest BCUT2D eigenvalue weighted by molar-refractivity contribution is 6.05. The Hall–Kier alpha value is -2.08. The van der Waals surface area contributed by atoms with Gasteiger partial charge >= 0.3 is 0 Å². The first-order valence-corrected chi connectivity index (χ1v) is 6.62. The minimum absolute atomic E-state index is 0. The van der Waals surface area contributed by atoms with Crippen LogP contribution in [-0.2, 0) is 0 Å². The van der Waals surface area contributed by atoms with E-state index in [2.05, 4.69) is 10.1 Å². The monoisotopic (exact) mass is 309 g/mol. The zero-order valence-corrected chi connectivity index (χ0v) is 12.1. The molecular formula is C14H16ClN3O3. The molecule has 0 aromatic heterocycles. The van der Waals surface area contributed by atoms with Crippen LogP contribution in [0.4, 0.5) is 5.69 Å². The summed E-state index contributed by atoms with van der Waals surface area (Å²) in [4.78, 5) is 12.4. The van der Waals surface area contributed by atoms with E-state index in [1.54, 1.807) is 12.1 Å². The molecule has 0 spiro atoms. The Kier molecular flexibility index (Phi) is 4.47. The summed E-state index contributed by atoms with van der Waals surface area (Å²) < 4.78 is 0. The predicted molar refractivity (Wildman–Crippen MR) is 81.8 cm³/mol. The standard InChI is InChI=1S/C14H15N3O3.ClH/c18-15-14-11-5-7-16(8-6-11)13(14)9-10-1-3-12(4-2-10)17(19)20;/h1-4,9,11,18H,5-8H2;1H/b13-9+,15-14+;. The average molecular weight is 310 g/mol. The summed E-state index contributed by atoms with van der Waals surface area (Å²) in [6, 6.07) is 6.39. The largest absolute Gasteiger partial charge is 0.411 e. The Balaban J connectivity index is 0.00000161. The molecule has 4 rings (SSSR count). The van der Waals surface area contributed by atoms with Crippen molar-refractivity contribution in [3.63, 3.8) is 0 Å². The Labute approximate surface area is 128 Å². The number of halogens is 1. The van der Waals surface area contributed by atoms with Crippen LogP contribution in [0.25, 0.3) is 6.08 Å². The molecule has 0 unspecified atom stereocenters. The minimum atomic E-state index is -0.413. The number of piperidine rings is 3. The molecule has 1 aromatic rings. The summed E-state index contributed by atoms with van der Waals surface area (Å²) in [5, 5.41) is 23.3. The number of oxime groups is 1. The van der Waals surface area contributed by atoms with Crippen molar-refractivity contribution in [2.24, 2.45) is 11.1 Å². The summed E-state index contributed by atoms with van der Waals surface area (Å²) in [6.45, 7) is 1.95. The molecule has 7 heteroatoms. The summed E-state index contributed by atoms with van der Waals surface area (Å²) in [7, 11) is 0. The highest BCUT2D eigenvalue weighted by Gasteiger charge is 2.35. The second kappa shape index (κ2) is 6.13. The fourth-order valence-electron chi connectivity index (χ4n) is 2.91. The number of nitrogens with zero attached hydrogens (tertiary/aromatic N) is 3. The Morgan fingerprint density at radius 3 is 2.43 bits per heavy atom. The van der Waals surface area contributed by atoms with Gasteiger partial charge in [-0.15, -0.1) is 12.4 Å². The predicted octanol–water partition coefficient (Wildman–Crippen LogP) is 2.91. The molecule has 0 aliphatic carbocycles. The highest BCUT2D eigenvalue weighted by atomic mass is 35.5. The maximum Gasteiger partial charge on any atom is 0.269 e. The molecule has 0 saturated carbocycles. The van der Waals surface area contributed by atoms with E-state index in [4.69, 9.17) is 0 Å². The van der Waals surface area contributed by atoms with Crippen LogP contribution in [0.3, 0.4) is 0 Å². The highest BCUT2D eigenvalue weighted by Crippen LogP contribution is 2.33. The smallest absolute Gasteiger partial charge is 0.269 e. The minimum Gasteiger partial charge on any atom is -0.411 e. The fourth-order valence-corrected chi connectivity index (χ4v) is 2.91. The van der Waals surface area contributed by atoms with Gasteiger partial charge < -0.3 is 10.1 Å². The van der Waals surface area contributed by atoms with E-state index in [9.17, 15) is 15.3 Å². The van der Waals surface area contributed by atoms with Crippen molar-refractivity contribution in [3.8, 4) is 0 Å². The number of nitro groups is 1. The third-order valence-electron chi connectivity index (χ3n) is 4.00. The molecular weight excluding hydrogens is 294 g/mol. The van der Waals surface area contributed by atoms with E-state index < -0.39 is 4.92 Å². The molecule has 0 amide bonds. The fraction of sp³-hybridized carbons (Fsp3) is 0.357. The Morgan fingerprint density at radius 2 is 1.90 bits per heavy atom. The van der Waals surface area contributed by atoms with Crippen molar-refractivity contribution in [1.82, 2.24) is 4.90 Å². The number of non-ortho nitro benzene ring substituents is 1. The van der Waals surface area contributed by atoms with Crippen LogP contribution < -0.4 is 0 Å². The van der Waals surface area contributed by atoms with Crippen LogP contribution in [-0.4, -0.2) is 33.8 Å². The first-order valence-electron chi connectivity index (χ1n) is 6.62. The van der Waals surface area contributed by atoms with E-state index in [1.165, 1.54) is 12.1 Å². The van der Waals surface area contributed by atoms with Gasteiger partial charge in [0.25, 0.3) is 5.69 Å². The van der Waals surface area contributed by atoms with Crippen molar-refractivity contribution in [1.29, 1.82) is 0 Å². The van der Waals surface area contributed by atoms with Crippen molar-refractivity contribution < 1.29 is 10.1 Å². The Morgan fingerprint density at radius 1 is 1.29 bits per heavy atom. The summed E-state index contributed by atoms with van der Waals surface area (Å²) in [6.07, 6.45) is 3.98. The normalized spacial score (nSPS) is 21.6. The molecule has 112 valence electrons. The summed E-state index contributed by atoms with van der Waals surface area (Å²) in [5.41, 5.74) is 2.62. The van der Waals surface area contributed by atoms with E-state index in [0.29, 0.717) is 5.92 Å². The maximum absolute atomic E-state index is 10.6. The van der Waals surface area contributed by atoms with E-state index in [-0.39, 0.29) is 18.1 Å². The number of benzene rings is 1. The molecule has 3 aliphatic heterocycles. The third-order valence-corrected chi connectivity index (χ3v) is 4.00. The molecule has 3 aliphatic rings. The van der Waals surface area contributed by atoms with Crippen LogP contribution in [0.15, 0.2) is 35.1 Å². The lowest BCUT2D eigenvalue weighted by Crippen LogP contribution is -2.46. The van der Waals surface area contributed by atoms with Gasteiger partial charge in [-0.3, -0.25) is 10.1 Å². The van der Waals surface area contributed by atoms with Crippen LogP contribution in [0.2, 0.25) is 0 Å². The second-order valence-electron chi connectivity index (χ2n) is 5.12. The van der Waals surface area contributed by atoms with Gasteiger partial charge in [-0.25, -0.2) is 0 Å². The van der Waals surface area contributed by atoms with Gasteiger partial charge in [0.05, 0.1) is 10.6 Å². The zero-order valence-electron chi connectivity index (χ0n) is 11.3. The number of hydrogen-bond donors (Lipinski definition) is 1. The lowest BCUT2D eigenvalue weighted by Gasteiger charge is -2.42.